The van der Waals surface area contributed by atoms with E-state index in [1.165, 1.54) is 6.92 Å². The Morgan fingerprint density at radius 2 is 2.00 bits per heavy atom. The van der Waals surface area contributed by atoms with Gasteiger partial charge in [-0.1, -0.05) is 0 Å². The first-order valence-corrected chi connectivity index (χ1v) is 5.17. The van der Waals surface area contributed by atoms with Gasteiger partial charge in [0.1, 0.15) is 0 Å². The Balaban J connectivity index is 2.53. The zero-order valence-electron chi connectivity index (χ0n) is 7.30. The van der Waals surface area contributed by atoms with Crippen LogP contribution in [0.15, 0.2) is 0 Å². The van der Waals surface area contributed by atoms with Crippen LogP contribution in [0.4, 0.5) is 13.2 Å². The van der Waals surface area contributed by atoms with Gasteiger partial charge in [-0.3, -0.25) is 4.18 Å². The molecule has 0 saturated carbocycles. The van der Waals surface area contributed by atoms with Crippen molar-refractivity contribution in [2.45, 2.75) is 24.5 Å². The fraction of sp³-hybridized carbons (Fsp3) is 1.00. The minimum atomic E-state index is -5.49. The standard InChI is InChI=1S/C6H9F3O4S/c1-5(2-3-12-5)4-13-14(10,11)6(7,8)9/h2-4H2,1H3. The summed E-state index contributed by atoms with van der Waals surface area (Å²) >= 11 is 0. The van der Waals surface area contributed by atoms with Gasteiger partial charge in [0.05, 0.1) is 18.8 Å². The second-order valence-electron chi connectivity index (χ2n) is 3.21. The third-order valence-electron chi connectivity index (χ3n) is 1.88. The molecule has 14 heavy (non-hydrogen) atoms. The van der Waals surface area contributed by atoms with Crippen molar-refractivity contribution in [3.05, 3.63) is 0 Å². The fourth-order valence-electron chi connectivity index (χ4n) is 0.833. The molecule has 1 aliphatic rings. The van der Waals surface area contributed by atoms with Gasteiger partial charge >= 0.3 is 15.6 Å². The lowest BCUT2D eigenvalue weighted by Crippen LogP contribution is -2.46. The molecule has 0 aromatic heterocycles. The lowest BCUT2D eigenvalue weighted by Gasteiger charge is -2.37. The van der Waals surface area contributed by atoms with Crippen molar-refractivity contribution in [1.82, 2.24) is 0 Å². The number of alkyl halides is 3. The molecule has 1 atom stereocenters. The molecule has 84 valence electrons. The van der Waals surface area contributed by atoms with Crippen LogP contribution in [0.1, 0.15) is 13.3 Å². The smallest absolute Gasteiger partial charge is 0.373 e. The summed E-state index contributed by atoms with van der Waals surface area (Å²) < 4.78 is 64.9. The molecule has 0 amide bonds. The van der Waals surface area contributed by atoms with E-state index >= 15 is 0 Å². The van der Waals surface area contributed by atoms with Crippen molar-refractivity contribution >= 4 is 10.1 Å². The monoisotopic (exact) mass is 234 g/mol. The molecular formula is C6H9F3O4S. The Labute approximate surface area is 79.1 Å². The van der Waals surface area contributed by atoms with E-state index in [-0.39, 0.29) is 0 Å². The van der Waals surface area contributed by atoms with Crippen molar-refractivity contribution in [3.8, 4) is 0 Å². The Morgan fingerprint density at radius 1 is 1.50 bits per heavy atom. The van der Waals surface area contributed by atoms with Gasteiger partial charge in [-0.25, -0.2) is 0 Å². The van der Waals surface area contributed by atoms with Crippen molar-refractivity contribution in [2.24, 2.45) is 0 Å². The van der Waals surface area contributed by atoms with Crippen LogP contribution in [0, 0.1) is 0 Å². The summed E-state index contributed by atoms with van der Waals surface area (Å²) in [4.78, 5) is 0. The van der Waals surface area contributed by atoms with Crippen LogP contribution in [0.3, 0.4) is 0 Å². The third kappa shape index (κ3) is 2.37. The van der Waals surface area contributed by atoms with E-state index in [0.29, 0.717) is 13.0 Å². The lowest BCUT2D eigenvalue weighted by molar-refractivity contribution is -0.154. The predicted octanol–water partition coefficient (Wildman–Crippen LogP) is 1.03. The van der Waals surface area contributed by atoms with E-state index in [1.807, 2.05) is 0 Å². The number of halogens is 3. The molecule has 1 heterocycles. The first kappa shape index (κ1) is 11.7. The molecule has 0 aromatic rings. The largest absolute Gasteiger partial charge is 0.523 e. The average molecular weight is 234 g/mol. The van der Waals surface area contributed by atoms with E-state index in [4.69, 9.17) is 4.74 Å². The van der Waals surface area contributed by atoms with Gasteiger partial charge in [0.2, 0.25) is 0 Å². The molecule has 4 nitrogen and oxygen atoms in total. The summed E-state index contributed by atoms with van der Waals surface area (Å²) in [6.07, 6.45) is 0.486. The molecule has 8 heteroatoms. The van der Waals surface area contributed by atoms with Gasteiger partial charge in [0.15, 0.2) is 0 Å². The van der Waals surface area contributed by atoms with E-state index in [2.05, 4.69) is 4.18 Å². The Bertz CT molecular complexity index is 304. The summed E-state index contributed by atoms with van der Waals surface area (Å²) in [6, 6.07) is 0. The quantitative estimate of drug-likeness (QED) is 0.540. The maximum Gasteiger partial charge on any atom is 0.523 e. The highest BCUT2D eigenvalue weighted by Gasteiger charge is 2.49. The lowest BCUT2D eigenvalue weighted by atomic mass is 9.99. The van der Waals surface area contributed by atoms with Crippen molar-refractivity contribution in [2.75, 3.05) is 13.2 Å². The molecule has 0 aliphatic carbocycles. The van der Waals surface area contributed by atoms with Crippen LogP contribution in [0.25, 0.3) is 0 Å². The topological polar surface area (TPSA) is 52.6 Å². The molecular weight excluding hydrogens is 225 g/mol. The van der Waals surface area contributed by atoms with Crippen LogP contribution < -0.4 is 0 Å². The third-order valence-corrected chi connectivity index (χ3v) is 2.88. The first-order chi connectivity index (χ1) is 6.16. The molecule has 1 fully saturated rings. The summed E-state index contributed by atoms with van der Waals surface area (Å²) in [5.41, 5.74) is -6.27. The van der Waals surface area contributed by atoms with Crippen LogP contribution >= 0.6 is 0 Å². The number of rotatable bonds is 3. The number of hydrogen-bond acceptors (Lipinski definition) is 4. The second kappa shape index (κ2) is 3.35. The van der Waals surface area contributed by atoms with Crippen LogP contribution in [0.2, 0.25) is 0 Å². The van der Waals surface area contributed by atoms with Gasteiger partial charge in [-0.05, 0) is 6.92 Å². The van der Waals surface area contributed by atoms with Crippen LogP contribution in [-0.4, -0.2) is 32.7 Å². The van der Waals surface area contributed by atoms with E-state index in [9.17, 15) is 21.6 Å². The van der Waals surface area contributed by atoms with E-state index < -0.39 is 27.8 Å². The normalized spacial score (nSPS) is 28.6. The Hall–Kier alpha value is -0.340. The second-order valence-corrected chi connectivity index (χ2v) is 4.82. The van der Waals surface area contributed by atoms with Crippen molar-refractivity contribution < 1.29 is 30.5 Å². The highest BCUT2D eigenvalue weighted by molar-refractivity contribution is 7.87. The maximum atomic E-state index is 11.8. The van der Waals surface area contributed by atoms with Gasteiger partial charge in [-0.15, -0.1) is 0 Å². The molecule has 1 aliphatic heterocycles. The zero-order valence-corrected chi connectivity index (χ0v) is 8.11. The number of ether oxygens (including phenoxy) is 1. The molecule has 0 bridgehead atoms. The summed E-state index contributed by atoms with van der Waals surface area (Å²) in [7, 11) is -5.49. The summed E-state index contributed by atoms with van der Waals surface area (Å²) in [5, 5.41) is 0. The molecule has 0 radical (unpaired) electrons. The van der Waals surface area contributed by atoms with Crippen LogP contribution in [-0.2, 0) is 19.0 Å². The minimum absolute atomic E-state index is 0.409. The minimum Gasteiger partial charge on any atom is -0.373 e. The van der Waals surface area contributed by atoms with E-state index in [0.717, 1.165) is 0 Å². The van der Waals surface area contributed by atoms with Gasteiger partial charge in [0, 0.05) is 6.42 Å². The van der Waals surface area contributed by atoms with Crippen molar-refractivity contribution in [1.29, 1.82) is 0 Å². The van der Waals surface area contributed by atoms with Gasteiger partial charge < -0.3 is 4.74 Å². The van der Waals surface area contributed by atoms with Crippen molar-refractivity contribution in [3.63, 3.8) is 0 Å². The zero-order chi connectivity index (χ0) is 11.0. The molecule has 0 spiro atoms. The maximum absolute atomic E-state index is 11.8. The van der Waals surface area contributed by atoms with E-state index in [1.54, 1.807) is 0 Å². The average Bonchev–Trinajstić information content (AvgIpc) is 1.95. The molecule has 1 unspecified atom stereocenters. The van der Waals surface area contributed by atoms with Crippen LogP contribution in [0.5, 0.6) is 0 Å². The first-order valence-electron chi connectivity index (χ1n) is 3.76. The predicted molar refractivity (Wildman–Crippen MR) is 39.9 cm³/mol. The molecule has 0 N–H and O–H groups in total. The SMILES string of the molecule is CC1(COS(=O)(=O)C(F)(F)F)CCO1. The highest BCUT2D eigenvalue weighted by Crippen LogP contribution is 2.30. The van der Waals surface area contributed by atoms with Gasteiger partial charge in [-0.2, -0.15) is 21.6 Å². The molecule has 0 aromatic carbocycles. The summed E-state index contributed by atoms with van der Waals surface area (Å²) in [6.45, 7) is 1.29. The Kier molecular flexibility index (Phi) is 2.81. The fourth-order valence-corrected chi connectivity index (χ4v) is 1.37. The Morgan fingerprint density at radius 3 is 2.29 bits per heavy atom. The number of hydrogen-bond donors (Lipinski definition) is 0. The molecule has 1 rings (SSSR count). The highest BCUT2D eigenvalue weighted by atomic mass is 32.2. The van der Waals surface area contributed by atoms with Gasteiger partial charge in [0.25, 0.3) is 0 Å². The molecule has 1 saturated heterocycles. The summed E-state index contributed by atoms with van der Waals surface area (Å²) in [5.74, 6) is 0.